The Hall–Kier alpha value is -1.19. The molecule has 10 nitrogen and oxygen atoms in total. The number of primary amides is 1. The normalized spacial score (nSPS) is 15.9. The highest BCUT2D eigenvalue weighted by molar-refractivity contribution is 7.47. The van der Waals surface area contributed by atoms with Crippen LogP contribution in [0.25, 0.3) is 0 Å². The number of carbonyl (C=O) groups is 2. The number of carboxylic acid groups (broad SMARTS) is 1. The molecule has 7 N–H and O–H groups in total. The van der Waals surface area contributed by atoms with E-state index < -0.39 is 25.9 Å². The third kappa shape index (κ3) is 8.60. The van der Waals surface area contributed by atoms with E-state index in [9.17, 15) is 14.2 Å². The van der Waals surface area contributed by atoms with Crippen LogP contribution >= 0.6 is 7.82 Å². The monoisotopic (exact) mass is 271 g/mol. The summed E-state index contributed by atoms with van der Waals surface area (Å²) >= 11 is 0. The van der Waals surface area contributed by atoms with Gasteiger partial charge in [0.25, 0.3) is 0 Å². The fourth-order valence-electron chi connectivity index (χ4n) is 0.777. The number of nitrogens with one attached hydrogen (secondary N) is 1. The van der Waals surface area contributed by atoms with E-state index in [0.29, 0.717) is 0 Å². The summed E-state index contributed by atoms with van der Waals surface area (Å²) in [6.07, 6.45) is -1.02. The summed E-state index contributed by atoms with van der Waals surface area (Å²) in [6.45, 7) is 0.0493. The van der Waals surface area contributed by atoms with Gasteiger partial charge in [0.05, 0.1) is 0 Å². The molecule has 2 atom stereocenters. The highest BCUT2D eigenvalue weighted by atomic mass is 31.2. The van der Waals surface area contributed by atoms with Gasteiger partial charge in [-0.25, -0.2) is 9.36 Å². The summed E-state index contributed by atoms with van der Waals surface area (Å²) in [5.41, 5.74) is 11.7. The first-order valence-corrected chi connectivity index (χ1v) is 5.96. The van der Waals surface area contributed by atoms with Gasteiger partial charge in [-0.3, -0.25) is 9.69 Å². The molecular formula is C6H14N3O7P. The highest BCUT2D eigenvalue weighted by Crippen LogP contribution is 2.41. The number of amides is 1. The summed E-state index contributed by atoms with van der Waals surface area (Å²) in [6, 6.07) is -1.01. The molecular weight excluding hydrogens is 257 g/mol. The van der Waals surface area contributed by atoms with Crippen molar-refractivity contribution in [1.29, 1.82) is 0 Å². The molecule has 0 aromatic rings. The van der Waals surface area contributed by atoms with E-state index in [2.05, 4.69) is 14.9 Å². The Morgan fingerprint density at radius 3 is 2.53 bits per heavy atom. The lowest BCUT2D eigenvalue weighted by Gasteiger charge is -2.10. The standard InChI is InChI=1S/C6H14N3O7P/c7-4(5(10)11)2-1-3-9-16-17(13,14)15-6(8)12/h4,9H,1-3,7H2,(H2,8,12)(H,10,11)(H,13,14). The summed E-state index contributed by atoms with van der Waals surface area (Å²) in [5, 5.41) is 8.43. The molecule has 2 unspecified atom stereocenters. The number of aliphatic carboxylic acids is 1. The Balaban J connectivity index is 3.68. The van der Waals surface area contributed by atoms with Gasteiger partial charge in [0.15, 0.2) is 0 Å². The highest BCUT2D eigenvalue weighted by Gasteiger charge is 2.25. The number of hydrogen-bond acceptors (Lipinski definition) is 7. The number of hydrogen-bond donors (Lipinski definition) is 5. The first-order valence-electron chi connectivity index (χ1n) is 4.46. The second kappa shape index (κ2) is 7.20. The molecule has 0 spiro atoms. The average Bonchev–Trinajstić information content (AvgIpc) is 2.14. The number of rotatable bonds is 8. The first-order chi connectivity index (χ1) is 7.74. The van der Waals surface area contributed by atoms with Crippen molar-refractivity contribution < 1.29 is 33.3 Å². The van der Waals surface area contributed by atoms with E-state index in [4.69, 9.17) is 15.7 Å². The summed E-state index contributed by atoms with van der Waals surface area (Å²) < 4.78 is 18.7. The average molecular weight is 271 g/mol. The van der Waals surface area contributed by atoms with Gasteiger partial charge in [0, 0.05) is 6.54 Å². The van der Waals surface area contributed by atoms with Gasteiger partial charge in [-0.2, -0.15) is 10.1 Å². The van der Waals surface area contributed by atoms with E-state index in [1.165, 1.54) is 0 Å². The number of nitrogens with two attached hydrogens (primary N) is 2. The van der Waals surface area contributed by atoms with Crippen molar-refractivity contribution in [2.45, 2.75) is 18.9 Å². The van der Waals surface area contributed by atoms with Gasteiger partial charge in [0.1, 0.15) is 6.04 Å². The van der Waals surface area contributed by atoms with E-state index in [1.807, 2.05) is 5.48 Å². The minimum atomic E-state index is -4.56. The Morgan fingerprint density at radius 2 is 2.06 bits per heavy atom. The van der Waals surface area contributed by atoms with E-state index in [1.54, 1.807) is 0 Å². The minimum absolute atomic E-state index is 0.0493. The second-order valence-electron chi connectivity index (χ2n) is 2.95. The molecule has 0 aliphatic rings. The molecule has 0 saturated heterocycles. The van der Waals surface area contributed by atoms with E-state index in [0.717, 1.165) is 0 Å². The fourth-order valence-corrected chi connectivity index (χ4v) is 1.30. The number of phosphoric ester groups is 1. The van der Waals surface area contributed by atoms with Gasteiger partial charge < -0.3 is 21.1 Å². The number of carboxylic acids is 1. The van der Waals surface area contributed by atoms with Crippen LogP contribution in [0.5, 0.6) is 0 Å². The van der Waals surface area contributed by atoms with Gasteiger partial charge >= 0.3 is 19.9 Å². The van der Waals surface area contributed by atoms with Crippen molar-refractivity contribution in [2.24, 2.45) is 11.5 Å². The van der Waals surface area contributed by atoms with Crippen molar-refractivity contribution >= 4 is 19.9 Å². The van der Waals surface area contributed by atoms with Crippen molar-refractivity contribution in [3.63, 3.8) is 0 Å². The smallest absolute Gasteiger partial charge is 0.480 e. The van der Waals surface area contributed by atoms with Gasteiger partial charge in [-0.15, -0.1) is 0 Å². The van der Waals surface area contributed by atoms with Crippen molar-refractivity contribution in [2.75, 3.05) is 6.54 Å². The number of phosphoric acid groups is 1. The first kappa shape index (κ1) is 15.8. The van der Waals surface area contributed by atoms with E-state index >= 15 is 0 Å². The predicted molar refractivity (Wildman–Crippen MR) is 54.4 cm³/mol. The molecule has 0 bridgehead atoms. The molecule has 0 heterocycles. The van der Waals surface area contributed by atoms with Crippen molar-refractivity contribution in [3.05, 3.63) is 0 Å². The lowest BCUT2D eigenvalue weighted by Crippen LogP contribution is -2.31. The molecule has 0 aliphatic heterocycles. The fraction of sp³-hybridized carbons (Fsp3) is 0.667. The van der Waals surface area contributed by atoms with Crippen LogP contribution in [0.4, 0.5) is 4.79 Å². The molecule has 0 rings (SSSR count). The zero-order chi connectivity index (χ0) is 13.5. The molecule has 0 radical (unpaired) electrons. The van der Waals surface area contributed by atoms with E-state index in [-0.39, 0.29) is 19.4 Å². The molecule has 0 aliphatic carbocycles. The molecule has 0 aromatic heterocycles. The van der Waals surface area contributed by atoms with Crippen LogP contribution in [0.15, 0.2) is 0 Å². The topological polar surface area (TPSA) is 174 Å². The molecule has 1 amide bonds. The predicted octanol–water partition coefficient (Wildman–Crippen LogP) is -1.10. The lowest BCUT2D eigenvalue weighted by atomic mass is 10.2. The van der Waals surface area contributed by atoms with Gasteiger partial charge in [0.2, 0.25) is 0 Å². The maximum atomic E-state index is 10.9. The van der Waals surface area contributed by atoms with Crippen molar-refractivity contribution in [1.82, 2.24) is 5.48 Å². The third-order valence-electron chi connectivity index (χ3n) is 1.50. The SMILES string of the molecule is NC(=O)OP(=O)(O)ONCCCC(N)C(=O)O. The van der Waals surface area contributed by atoms with Gasteiger partial charge in [-0.05, 0) is 12.8 Å². The Bertz CT molecular complexity index is 323. The quantitative estimate of drug-likeness (QED) is 0.208. The van der Waals surface area contributed by atoms with Crippen LogP contribution in [0.1, 0.15) is 12.8 Å². The van der Waals surface area contributed by atoms with Crippen LogP contribution < -0.4 is 16.9 Å². The third-order valence-corrected chi connectivity index (χ3v) is 2.27. The number of hydroxylamine groups is 1. The molecule has 0 fully saturated rings. The molecule has 100 valence electrons. The Labute approximate surface area is 96.4 Å². The molecule has 0 saturated carbocycles. The Morgan fingerprint density at radius 1 is 1.47 bits per heavy atom. The number of carbonyl (C=O) groups excluding carboxylic acids is 1. The molecule has 11 heteroatoms. The van der Waals surface area contributed by atoms with Crippen LogP contribution in [-0.4, -0.2) is 34.6 Å². The Kier molecular flexibility index (Phi) is 6.69. The molecule has 0 aromatic carbocycles. The lowest BCUT2D eigenvalue weighted by molar-refractivity contribution is -0.138. The zero-order valence-corrected chi connectivity index (χ0v) is 9.63. The van der Waals surface area contributed by atoms with Gasteiger partial charge in [-0.1, -0.05) is 0 Å². The largest absolute Gasteiger partial charge is 0.547 e. The molecule has 17 heavy (non-hydrogen) atoms. The van der Waals surface area contributed by atoms with Crippen LogP contribution in [0.3, 0.4) is 0 Å². The van der Waals surface area contributed by atoms with Crippen LogP contribution in [-0.2, 0) is 18.5 Å². The maximum Gasteiger partial charge on any atom is 0.547 e. The summed E-state index contributed by atoms with van der Waals surface area (Å²) in [7, 11) is -4.56. The maximum absolute atomic E-state index is 10.9. The van der Waals surface area contributed by atoms with Crippen LogP contribution in [0, 0.1) is 0 Å². The zero-order valence-electron chi connectivity index (χ0n) is 8.74. The van der Waals surface area contributed by atoms with Crippen LogP contribution in [0.2, 0.25) is 0 Å². The summed E-state index contributed by atoms with van der Waals surface area (Å²) in [5.74, 6) is -1.14. The minimum Gasteiger partial charge on any atom is -0.480 e. The van der Waals surface area contributed by atoms with Crippen molar-refractivity contribution in [3.8, 4) is 0 Å². The second-order valence-corrected chi connectivity index (χ2v) is 4.25. The summed E-state index contributed by atoms with van der Waals surface area (Å²) in [4.78, 5) is 29.3.